The summed E-state index contributed by atoms with van der Waals surface area (Å²) in [5, 5.41) is 4.68. The van der Waals surface area contributed by atoms with Crippen LogP contribution in [0.4, 0.5) is 5.69 Å². The van der Waals surface area contributed by atoms with Crippen molar-refractivity contribution in [1.82, 2.24) is 5.43 Å². The SMILES string of the molecule is CCCCc1ccc(/C(C)=N/NC(=Nc2ccccc2)c2ccc(-c3ccccc3)cc2)cc1. The van der Waals surface area contributed by atoms with E-state index in [1.165, 1.54) is 29.5 Å². The Bertz CT molecular complexity index is 1220. The van der Waals surface area contributed by atoms with Crippen molar-refractivity contribution in [2.24, 2.45) is 10.1 Å². The van der Waals surface area contributed by atoms with Crippen LogP contribution in [0.1, 0.15) is 43.4 Å². The number of nitrogens with zero attached hydrogens (tertiary/aromatic N) is 2. The molecule has 0 aliphatic carbocycles. The van der Waals surface area contributed by atoms with Crippen LogP contribution in [0.15, 0.2) is 119 Å². The van der Waals surface area contributed by atoms with Gasteiger partial charge in [-0.2, -0.15) is 5.10 Å². The van der Waals surface area contributed by atoms with Gasteiger partial charge in [-0.3, -0.25) is 5.43 Å². The number of hydrogen-bond acceptors (Lipinski definition) is 2. The number of unbranched alkanes of at least 4 members (excludes halogenated alkanes) is 1. The molecule has 4 aromatic rings. The number of benzene rings is 4. The average molecular weight is 446 g/mol. The zero-order chi connectivity index (χ0) is 23.6. The molecule has 0 heterocycles. The fraction of sp³-hybridized carbons (Fsp3) is 0.161. The third-order valence-corrected chi connectivity index (χ3v) is 5.78. The maximum absolute atomic E-state index is 4.84. The molecule has 3 nitrogen and oxygen atoms in total. The Balaban J connectivity index is 1.57. The minimum absolute atomic E-state index is 0.713. The highest BCUT2D eigenvalue weighted by molar-refractivity contribution is 6.03. The predicted molar refractivity (Wildman–Crippen MR) is 145 cm³/mol. The van der Waals surface area contributed by atoms with Gasteiger partial charge >= 0.3 is 0 Å². The lowest BCUT2D eigenvalue weighted by atomic mass is 10.0. The fourth-order valence-electron chi connectivity index (χ4n) is 3.73. The van der Waals surface area contributed by atoms with Crippen molar-refractivity contribution in [3.8, 4) is 11.1 Å². The summed E-state index contributed by atoms with van der Waals surface area (Å²) in [5.74, 6) is 0.713. The van der Waals surface area contributed by atoms with E-state index in [-0.39, 0.29) is 0 Å². The predicted octanol–water partition coefficient (Wildman–Crippen LogP) is 7.79. The highest BCUT2D eigenvalue weighted by atomic mass is 15.3. The van der Waals surface area contributed by atoms with E-state index < -0.39 is 0 Å². The minimum Gasteiger partial charge on any atom is -0.261 e. The van der Waals surface area contributed by atoms with Gasteiger partial charge in [0.25, 0.3) is 0 Å². The van der Waals surface area contributed by atoms with Crippen molar-refractivity contribution >= 4 is 17.2 Å². The molecule has 0 radical (unpaired) electrons. The Labute approximate surface area is 202 Å². The largest absolute Gasteiger partial charge is 0.261 e. The lowest BCUT2D eigenvalue weighted by molar-refractivity contribution is 0.795. The molecular formula is C31H31N3. The standard InChI is InChI=1S/C31H31N3/c1-3-4-11-25-16-18-26(19-17-25)24(2)33-34-31(32-30-14-9-6-10-15-30)29-22-20-28(21-23-29)27-12-7-5-8-13-27/h5-10,12-23H,3-4,11H2,1-2H3,(H,32,34)/b33-24+. The zero-order valence-corrected chi connectivity index (χ0v) is 19.9. The van der Waals surface area contributed by atoms with Crippen LogP contribution >= 0.6 is 0 Å². The van der Waals surface area contributed by atoms with Gasteiger partial charge in [-0.15, -0.1) is 0 Å². The number of aliphatic imine (C=N–C) groups is 1. The molecule has 3 heteroatoms. The lowest BCUT2D eigenvalue weighted by Crippen LogP contribution is -2.20. The van der Waals surface area contributed by atoms with Gasteiger partial charge in [0.2, 0.25) is 0 Å². The van der Waals surface area contributed by atoms with Crippen LogP contribution in [0.3, 0.4) is 0 Å². The molecule has 0 saturated heterocycles. The van der Waals surface area contributed by atoms with E-state index in [1.807, 2.05) is 43.3 Å². The number of nitrogens with one attached hydrogen (secondary N) is 1. The number of hydrogen-bond donors (Lipinski definition) is 1. The fourth-order valence-corrected chi connectivity index (χ4v) is 3.73. The van der Waals surface area contributed by atoms with Crippen molar-refractivity contribution < 1.29 is 0 Å². The van der Waals surface area contributed by atoms with Gasteiger partial charge in [0.15, 0.2) is 5.84 Å². The highest BCUT2D eigenvalue weighted by Crippen LogP contribution is 2.20. The normalized spacial score (nSPS) is 11.9. The molecule has 0 aliphatic heterocycles. The van der Waals surface area contributed by atoms with Crippen molar-refractivity contribution in [3.05, 3.63) is 126 Å². The minimum atomic E-state index is 0.713. The van der Waals surface area contributed by atoms with E-state index in [0.29, 0.717) is 5.84 Å². The molecule has 0 bridgehead atoms. The monoisotopic (exact) mass is 445 g/mol. The molecule has 0 aromatic heterocycles. The van der Waals surface area contributed by atoms with Crippen molar-refractivity contribution in [2.45, 2.75) is 33.1 Å². The first-order chi connectivity index (χ1) is 16.7. The maximum Gasteiger partial charge on any atom is 0.154 e. The molecule has 0 unspecified atom stereocenters. The average Bonchev–Trinajstić information content (AvgIpc) is 2.91. The Hall–Kier alpha value is -3.98. The summed E-state index contributed by atoms with van der Waals surface area (Å²) in [5.41, 5.74) is 10.9. The van der Waals surface area contributed by atoms with Crippen LogP contribution < -0.4 is 5.43 Å². The highest BCUT2D eigenvalue weighted by Gasteiger charge is 2.06. The first-order valence-electron chi connectivity index (χ1n) is 11.9. The van der Waals surface area contributed by atoms with Crippen LogP contribution in [0.25, 0.3) is 11.1 Å². The molecule has 0 saturated carbocycles. The lowest BCUT2D eigenvalue weighted by Gasteiger charge is -2.10. The number of rotatable bonds is 8. The maximum atomic E-state index is 4.84. The summed E-state index contributed by atoms with van der Waals surface area (Å²) in [6, 6.07) is 37.5. The van der Waals surface area contributed by atoms with E-state index in [4.69, 9.17) is 4.99 Å². The molecule has 4 rings (SSSR count). The van der Waals surface area contributed by atoms with E-state index >= 15 is 0 Å². The summed E-state index contributed by atoms with van der Waals surface area (Å²) < 4.78 is 0. The van der Waals surface area contributed by atoms with Crippen molar-refractivity contribution in [2.75, 3.05) is 0 Å². The smallest absolute Gasteiger partial charge is 0.154 e. The second-order valence-corrected chi connectivity index (χ2v) is 8.35. The van der Waals surface area contributed by atoms with Crippen LogP contribution in [0, 0.1) is 0 Å². The van der Waals surface area contributed by atoms with Gasteiger partial charge in [0, 0.05) is 5.56 Å². The molecule has 0 atom stereocenters. The Morgan fingerprint density at radius 1 is 0.676 bits per heavy atom. The molecule has 1 N–H and O–H groups in total. The second-order valence-electron chi connectivity index (χ2n) is 8.35. The van der Waals surface area contributed by atoms with Gasteiger partial charge in [-0.1, -0.05) is 110 Å². The summed E-state index contributed by atoms with van der Waals surface area (Å²) in [7, 11) is 0. The first-order valence-corrected chi connectivity index (χ1v) is 11.9. The topological polar surface area (TPSA) is 36.8 Å². The van der Waals surface area contributed by atoms with Crippen molar-refractivity contribution in [1.29, 1.82) is 0 Å². The third kappa shape index (κ3) is 6.29. The number of hydrazone groups is 1. The Morgan fingerprint density at radius 2 is 1.26 bits per heavy atom. The molecule has 4 aromatic carbocycles. The first kappa shape index (κ1) is 23.2. The number of amidine groups is 1. The van der Waals surface area contributed by atoms with Crippen LogP contribution in [-0.4, -0.2) is 11.5 Å². The Morgan fingerprint density at radius 3 is 1.91 bits per heavy atom. The molecule has 170 valence electrons. The van der Waals surface area contributed by atoms with Gasteiger partial charge in [0.1, 0.15) is 0 Å². The molecular weight excluding hydrogens is 414 g/mol. The summed E-state index contributed by atoms with van der Waals surface area (Å²) in [6.45, 7) is 4.24. The summed E-state index contributed by atoms with van der Waals surface area (Å²) >= 11 is 0. The van der Waals surface area contributed by atoms with Gasteiger partial charge in [0.05, 0.1) is 11.4 Å². The number of para-hydroxylation sites is 1. The second kappa shape index (κ2) is 11.8. The van der Waals surface area contributed by atoms with Gasteiger partial charge in [-0.05, 0) is 54.2 Å². The van der Waals surface area contributed by atoms with E-state index in [9.17, 15) is 0 Å². The molecule has 0 fully saturated rings. The van der Waals surface area contributed by atoms with Crippen LogP contribution in [0.2, 0.25) is 0 Å². The van der Waals surface area contributed by atoms with Gasteiger partial charge < -0.3 is 0 Å². The third-order valence-electron chi connectivity index (χ3n) is 5.78. The number of aryl methyl sites for hydroxylation is 1. The van der Waals surface area contributed by atoms with E-state index in [2.05, 4.69) is 90.2 Å². The van der Waals surface area contributed by atoms with E-state index in [0.717, 1.165) is 28.9 Å². The molecule has 0 spiro atoms. The quantitative estimate of drug-likeness (QED) is 0.168. The van der Waals surface area contributed by atoms with E-state index in [1.54, 1.807) is 0 Å². The van der Waals surface area contributed by atoms with Crippen molar-refractivity contribution in [3.63, 3.8) is 0 Å². The van der Waals surface area contributed by atoms with Crippen LogP contribution in [-0.2, 0) is 6.42 Å². The van der Waals surface area contributed by atoms with Gasteiger partial charge in [-0.25, -0.2) is 4.99 Å². The summed E-state index contributed by atoms with van der Waals surface area (Å²) in [4.78, 5) is 4.84. The van der Waals surface area contributed by atoms with Crippen LogP contribution in [0.5, 0.6) is 0 Å². The zero-order valence-electron chi connectivity index (χ0n) is 19.9. The molecule has 0 aliphatic rings. The molecule has 34 heavy (non-hydrogen) atoms. The molecule has 0 amide bonds. The Kier molecular flexibility index (Phi) is 8.02. The summed E-state index contributed by atoms with van der Waals surface area (Å²) in [6.07, 6.45) is 3.55.